The maximum atomic E-state index is 12.3. The molecule has 1 aliphatic rings. The van der Waals surface area contributed by atoms with Crippen LogP contribution in [0.2, 0.25) is 0 Å². The van der Waals surface area contributed by atoms with Crippen LogP contribution in [0.15, 0.2) is 46.6 Å². The minimum Gasteiger partial charge on any atom is -0.496 e. The van der Waals surface area contributed by atoms with Crippen LogP contribution in [0.3, 0.4) is 0 Å². The average Bonchev–Trinajstić information content (AvgIpc) is 3.13. The van der Waals surface area contributed by atoms with Gasteiger partial charge in [0.25, 0.3) is 0 Å². The number of nitrogens with one attached hydrogen (secondary N) is 2. The number of amides is 2. The number of rotatable bonds is 8. The molecule has 0 bridgehead atoms. The molecule has 9 nitrogen and oxygen atoms in total. The summed E-state index contributed by atoms with van der Waals surface area (Å²) in [4.78, 5) is 24.5. The molecule has 0 spiro atoms. The number of methoxy groups -OCH3 is 3. The van der Waals surface area contributed by atoms with Gasteiger partial charge in [0.2, 0.25) is 11.8 Å². The zero-order valence-corrected chi connectivity index (χ0v) is 19.0. The lowest BCUT2D eigenvalue weighted by molar-refractivity contribution is -0.122. The third-order valence-corrected chi connectivity index (χ3v) is 5.64. The molecule has 3 rings (SSSR count). The standard InChI is InChI=1S/C22H24N4O5S/c1-13-5-7-15(8-6-13)24-20(27)11-19-21(28)25-22(32-19)26-23-12-14-9-17(30-3)18(31-4)10-16(14)29-2/h5-10,12,19H,11H2,1-4H3,(H,24,27)(H,25,26,28). The quantitative estimate of drug-likeness (QED) is 0.467. The second kappa shape index (κ2) is 10.7. The van der Waals surface area contributed by atoms with E-state index in [0.29, 0.717) is 33.7 Å². The average molecular weight is 457 g/mol. The maximum Gasteiger partial charge on any atom is 0.240 e. The Kier molecular flexibility index (Phi) is 7.72. The lowest BCUT2D eigenvalue weighted by Gasteiger charge is -2.11. The van der Waals surface area contributed by atoms with Gasteiger partial charge in [0, 0.05) is 23.7 Å². The number of thioether (sulfide) groups is 1. The van der Waals surface area contributed by atoms with Gasteiger partial charge in [0.15, 0.2) is 16.7 Å². The van der Waals surface area contributed by atoms with Crippen molar-refractivity contribution < 1.29 is 23.8 Å². The Morgan fingerprint density at radius 2 is 1.75 bits per heavy atom. The number of aryl methyl sites for hydroxylation is 1. The first-order valence-corrected chi connectivity index (χ1v) is 10.6. The Morgan fingerprint density at radius 3 is 2.41 bits per heavy atom. The molecule has 1 heterocycles. The van der Waals surface area contributed by atoms with Crippen molar-refractivity contribution in [3.05, 3.63) is 47.5 Å². The summed E-state index contributed by atoms with van der Waals surface area (Å²) in [6.07, 6.45) is 1.51. The van der Waals surface area contributed by atoms with Crippen molar-refractivity contribution in [2.24, 2.45) is 10.2 Å². The zero-order chi connectivity index (χ0) is 23.1. The highest BCUT2D eigenvalue weighted by Gasteiger charge is 2.32. The highest BCUT2D eigenvalue weighted by molar-refractivity contribution is 8.15. The summed E-state index contributed by atoms with van der Waals surface area (Å²) < 4.78 is 15.9. The third-order valence-electron chi connectivity index (χ3n) is 4.56. The summed E-state index contributed by atoms with van der Waals surface area (Å²) in [5, 5.41) is 13.3. The van der Waals surface area contributed by atoms with Crippen LogP contribution < -0.4 is 24.8 Å². The van der Waals surface area contributed by atoms with Crippen molar-refractivity contribution in [2.45, 2.75) is 18.6 Å². The Balaban J connectivity index is 1.63. The van der Waals surface area contributed by atoms with Gasteiger partial charge >= 0.3 is 0 Å². The smallest absolute Gasteiger partial charge is 0.240 e. The maximum absolute atomic E-state index is 12.3. The number of carbonyl (C=O) groups is 2. The third kappa shape index (κ3) is 5.79. The summed E-state index contributed by atoms with van der Waals surface area (Å²) >= 11 is 1.16. The van der Waals surface area contributed by atoms with Gasteiger partial charge in [-0.25, -0.2) is 0 Å². The molecule has 0 saturated carbocycles. The van der Waals surface area contributed by atoms with Crippen LogP contribution in [-0.4, -0.2) is 49.8 Å². The molecule has 1 aliphatic heterocycles. The molecular weight excluding hydrogens is 432 g/mol. The molecule has 32 heavy (non-hydrogen) atoms. The molecule has 1 fully saturated rings. The number of nitrogens with zero attached hydrogens (tertiary/aromatic N) is 2. The number of anilines is 1. The summed E-state index contributed by atoms with van der Waals surface area (Å²) in [6, 6.07) is 10.8. The molecular formula is C22H24N4O5S. The lowest BCUT2D eigenvalue weighted by atomic mass is 10.2. The summed E-state index contributed by atoms with van der Waals surface area (Å²) in [5.41, 5.74) is 2.41. The van der Waals surface area contributed by atoms with Crippen molar-refractivity contribution in [3.63, 3.8) is 0 Å². The van der Waals surface area contributed by atoms with E-state index < -0.39 is 5.25 Å². The summed E-state index contributed by atoms with van der Waals surface area (Å²) in [5.74, 6) is 1.04. The van der Waals surface area contributed by atoms with E-state index in [1.165, 1.54) is 27.5 Å². The normalized spacial score (nSPS) is 16.8. The van der Waals surface area contributed by atoms with Gasteiger partial charge < -0.3 is 24.8 Å². The molecule has 10 heteroatoms. The van der Waals surface area contributed by atoms with E-state index in [9.17, 15) is 9.59 Å². The van der Waals surface area contributed by atoms with Gasteiger partial charge in [-0.3, -0.25) is 9.59 Å². The van der Waals surface area contributed by atoms with Crippen LogP contribution in [0.1, 0.15) is 17.5 Å². The van der Waals surface area contributed by atoms with Crippen molar-refractivity contribution >= 4 is 40.6 Å². The topological polar surface area (TPSA) is 111 Å². The van der Waals surface area contributed by atoms with E-state index in [-0.39, 0.29) is 18.2 Å². The van der Waals surface area contributed by atoms with Crippen molar-refractivity contribution in [3.8, 4) is 17.2 Å². The Hall–Kier alpha value is -3.53. The fourth-order valence-electron chi connectivity index (χ4n) is 2.90. The van der Waals surface area contributed by atoms with Crippen LogP contribution in [0.5, 0.6) is 17.2 Å². The van der Waals surface area contributed by atoms with Crippen LogP contribution in [-0.2, 0) is 9.59 Å². The Labute approximate surface area is 190 Å². The molecule has 1 unspecified atom stereocenters. The van der Waals surface area contributed by atoms with E-state index in [4.69, 9.17) is 14.2 Å². The second-order valence-corrected chi connectivity index (χ2v) is 8.00. The monoisotopic (exact) mass is 456 g/mol. The van der Waals surface area contributed by atoms with Gasteiger partial charge in [-0.2, -0.15) is 5.10 Å². The minimum atomic E-state index is -0.579. The largest absolute Gasteiger partial charge is 0.496 e. The highest BCUT2D eigenvalue weighted by Crippen LogP contribution is 2.33. The highest BCUT2D eigenvalue weighted by atomic mass is 32.2. The fraction of sp³-hybridized carbons (Fsp3) is 0.273. The molecule has 0 aromatic heterocycles. The first-order chi connectivity index (χ1) is 15.4. The molecule has 2 aromatic rings. The van der Waals surface area contributed by atoms with Crippen LogP contribution >= 0.6 is 11.8 Å². The van der Waals surface area contributed by atoms with Gasteiger partial charge in [0.1, 0.15) is 11.0 Å². The number of carbonyl (C=O) groups excluding carboxylic acids is 2. The number of amidine groups is 1. The van der Waals surface area contributed by atoms with Crippen LogP contribution in [0, 0.1) is 6.92 Å². The first-order valence-electron chi connectivity index (χ1n) is 9.68. The predicted molar refractivity (Wildman–Crippen MR) is 125 cm³/mol. The molecule has 2 aromatic carbocycles. The molecule has 1 atom stereocenters. The predicted octanol–water partition coefficient (Wildman–Crippen LogP) is 2.97. The zero-order valence-electron chi connectivity index (χ0n) is 18.2. The molecule has 2 amide bonds. The van der Waals surface area contributed by atoms with E-state index in [1.54, 1.807) is 12.1 Å². The van der Waals surface area contributed by atoms with Gasteiger partial charge in [-0.05, 0) is 25.1 Å². The molecule has 1 saturated heterocycles. The SMILES string of the molecule is COc1cc(OC)c(OC)cc1C=N/N=C1\NC(=O)C(CC(=O)Nc2ccc(C)cc2)S1. The first kappa shape index (κ1) is 23.1. The van der Waals surface area contributed by atoms with Gasteiger partial charge in [0.05, 0.1) is 27.5 Å². The summed E-state index contributed by atoms with van der Waals surface area (Å²) in [6.45, 7) is 1.97. The minimum absolute atomic E-state index is 0.0244. The van der Waals surface area contributed by atoms with E-state index in [2.05, 4.69) is 20.8 Å². The number of benzene rings is 2. The number of ether oxygens (including phenoxy) is 3. The van der Waals surface area contributed by atoms with Crippen LogP contribution in [0.25, 0.3) is 0 Å². The Bertz CT molecular complexity index is 1050. The molecule has 2 N–H and O–H groups in total. The van der Waals surface area contributed by atoms with Crippen molar-refractivity contribution in [1.82, 2.24) is 5.32 Å². The van der Waals surface area contributed by atoms with Crippen molar-refractivity contribution in [2.75, 3.05) is 26.6 Å². The second-order valence-electron chi connectivity index (χ2n) is 6.81. The summed E-state index contributed by atoms with van der Waals surface area (Å²) in [7, 11) is 4.60. The molecule has 0 radical (unpaired) electrons. The molecule has 0 aliphatic carbocycles. The van der Waals surface area contributed by atoms with E-state index >= 15 is 0 Å². The van der Waals surface area contributed by atoms with E-state index in [1.807, 2.05) is 31.2 Å². The number of hydrogen-bond acceptors (Lipinski definition) is 8. The van der Waals surface area contributed by atoms with Gasteiger partial charge in [-0.15, -0.1) is 5.10 Å². The molecule has 168 valence electrons. The lowest BCUT2D eigenvalue weighted by Crippen LogP contribution is -2.28. The van der Waals surface area contributed by atoms with Gasteiger partial charge in [-0.1, -0.05) is 29.5 Å². The van der Waals surface area contributed by atoms with Crippen molar-refractivity contribution in [1.29, 1.82) is 0 Å². The Morgan fingerprint density at radius 1 is 1.09 bits per heavy atom. The van der Waals surface area contributed by atoms with Crippen LogP contribution in [0.4, 0.5) is 5.69 Å². The van der Waals surface area contributed by atoms with E-state index in [0.717, 1.165) is 17.3 Å². The fourth-order valence-corrected chi connectivity index (χ4v) is 3.83. The number of hydrogen-bond donors (Lipinski definition) is 2.